The van der Waals surface area contributed by atoms with E-state index in [1.807, 2.05) is 0 Å². The first-order chi connectivity index (χ1) is 7.04. The highest BCUT2D eigenvalue weighted by atomic mass is 35.5. The van der Waals surface area contributed by atoms with Crippen LogP contribution in [-0.2, 0) is 11.2 Å². The number of carbonyl (C=O) groups is 1. The number of pyridine rings is 1. The van der Waals surface area contributed by atoms with E-state index < -0.39 is 0 Å². The predicted molar refractivity (Wildman–Crippen MR) is 66.3 cm³/mol. The molecule has 1 aromatic heterocycles. The minimum Gasteiger partial charge on any atom is -0.387 e. The number of hydrogen-bond donors (Lipinski definition) is 2. The number of aromatic amines is 1. The quantitative estimate of drug-likeness (QED) is 0.814. The van der Waals surface area contributed by atoms with Crippen LogP contribution in [0.25, 0.3) is 0 Å². The molecule has 1 heterocycles. The van der Waals surface area contributed by atoms with Gasteiger partial charge in [-0.2, -0.15) is 0 Å². The molecule has 0 saturated carbocycles. The van der Waals surface area contributed by atoms with Gasteiger partial charge in [0.05, 0.1) is 12.1 Å². The highest BCUT2D eigenvalue weighted by Gasteiger charge is 2.09. The molecule has 1 rings (SSSR count). The number of likely N-dealkylation sites (N-methyl/N-ethyl adjacent to an activating group) is 1. The van der Waals surface area contributed by atoms with Gasteiger partial charge >= 0.3 is 0 Å². The lowest BCUT2D eigenvalue weighted by atomic mass is 10.2. The molecule has 90 valence electrons. The third kappa shape index (κ3) is 3.58. The largest absolute Gasteiger partial charge is 0.387 e. The van der Waals surface area contributed by atoms with Gasteiger partial charge in [-0.15, -0.1) is 12.4 Å². The van der Waals surface area contributed by atoms with Gasteiger partial charge in [0.2, 0.25) is 5.91 Å². The van der Waals surface area contributed by atoms with Gasteiger partial charge in [0.15, 0.2) is 0 Å². The van der Waals surface area contributed by atoms with Crippen molar-refractivity contribution in [1.82, 2.24) is 9.88 Å². The Morgan fingerprint density at radius 3 is 2.62 bits per heavy atom. The molecule has 0 spiro atoms. The second-order valence-corrected chi connectivity index (χ2v) is 3.46. The Morgan fingerprint density at radius 2 is 2.12 bits per heavy atom. The summed E-state index contributed by atoms with van der Waals surface area (Å²) in [4.78, 5) is 26.8. The Kier molecular flexibility index (Phi) is 5.60. The average molecular weight is 246 g/mol. The molecule has 0 atom stereocenters. The molecule has 2 N–H and O–H groups in total. The summed E-state index contributed by atoms with van der Waals surface area (Å²) in [5.74, 6) is -0.0891. The van der Waals surface area contributed by atoms with Crippen LogP contribution in [0.3, 0.4) is 0 Å². The molecule has 0 aliphatic rings. The molecule has 6 heteroatoms. The van der Waals surface area contributed by atoms with Gasteiger partial charge in [-0.25, -0.2) is 0 Å². The smallest absolute Gasteiger partial charge is 0.251 e. The van der Waals surface area contributed by atoms with Crippen LogP contribution >= 0.6 is 12.4 Å². The molecule has 5 nitrogen and oxygen atoms in total. The van der Waals surface area contributed by atoms with Crippen LogP contribution in [0, 0.1) is 0 Å². The average Bonchev–Trinajstić information content (AvgIpc) is 2.21. The van der Waals surface area contributed by atoms with Crippen molar-refractivity contribution in [3.05, 3.63) is 28.2 Å². The van der Waals surface area contributed by atoms with Crippen LogP contribution in [0.5, 0.6) is 0 Å². The molecule has 1 aromatic rings. The number of hydrogen-bond acceptors (Lipinski definition) is 3. The SMILES string of the molecule is CNc1c[nH]c(=O)c(CC(=O)N(C)C)c1.Cl. The molecule has 16 heavy (non-hydrogen) atoms. The van der Waals surface area contributed by atoms with E-state index in [2.05, 4.69) is 10.3 Å². The number of rotatable bonds is 3. The maximum absolute atomic E-state index is 11.4. The van der Waals surface area contributed by atoms with Gasteiger partial charge in [0, 0.05) is 32.9 Å². The number of halogens is 1. The maximum atomic E-state index is 11.4. The molecular formula is C10H16ClN3O2. The number of anilines is 1. The first-order valence-corrected chi connectivity index (χ1v) is 4.64. The number of amides is 1. The van der Waals surface area contributed by atoms with Gasteiger partial charge in [-0.3, -0.25) is 9.59 Å². The molecule has 1 amide bonds. The summed E-state index contributed by atoms with van der Waals surface area (Å²) in [6, 6.07) is 1.68. The summed E-state index contributed by atoms with van der Waals surface area (Å²) in [5.41, 5.74) is 1.04. The zero-order valence-electron chi connectivity index (χ0n) is 9.53. The lowest BCUT2D eigenvalue weighted by Crippen LogP contribution is -2.26. The summed E-state index contributed by atoms with van der Waals surface area (Å²) >= 11 is 0. The summed E-state index contributed by atoms with van der Waals surface area (Å²) in [6.45, 7) is 0. The number of nitrogens with one attached hydrogen (secondary N) is 2. The van der Waals surface area contributed by atoms with E-state index in [4.69, 9.17) is 0 Å². The molecule has 0 bridgehead atoms. The summed E-state index contributed by atoms with van der Waals surface area (Å²) in [5, 5.41) is 2.90. The highest BCUT2D eigenvalue weighted by Crippen LogP contribution is 2.04. The number of carbonyl (C=O) groups excluding carboxylic acids is 1. The van der Waals surface area contributed by atoms with Gasteiger partial charge in [-0.1, -0.05) is 0 Å². The summed E-state index contributed by atoms with van der Waals surface area (Å²) < 4.78 is 0. The Bertz CT molecular complexity index is 415. The van der Waals surface area contributed by atoms with Crippen molar-refractivity contribution >= 4 is 24.0 Å². The van der Waals surface area contributed by atoms with Crippen LogP contribution in [-0.4, -0.2) is 36.9 Å². The van der Waals surface area contributed by atoms with E-state index in [0.29, 0.717) is 5.56 Å². The zero-order valence-corrected chi connectivity index (χ0v) is 10.4. The summed E-state index contributed by atoms with van der Waals surface area (Å²) in [7, 11) is 5.09. The van der Waals surface area contributed by atoms with Crippen LogP contribution in [0.4, 0.5) is 5.69 Å². The molecule has 0 fully saturated rings. The van der Waals surface area contributed by atoms with Crippen molar-refractivity contribution in [2.24, 2.45) is 0 Å². The molecule has 0 aliphatic carbocycles. The first-order valence-electron chi connectivity index (χ1n) is 4.64. The monoisotopic (exact) mass is 245 g/mol. The van der Waals surface area contributed by atoms with E-state index in [9.17, 15) is 9.59 Å². The first kappa shape index (κ1) is 14.5. The summed E-state index contributed by atoms with van der Waals surface area (Å²) in [6.07, 6.45) is 1.70. The zero-order chi connectivity index (χ0) is 11.4. The van der Waals surface area contributed by atoms with Gasteiger partial charge in [0.1, 0.15) is 0 Å². The topological polar surface area (TPSA) is 65.2 Å². The number of aromatic nitrogens is 1. The predicted octanol–water partition coefficient (Wildman–Crippen LogP) is 0.469. The van der Waals surface area contributed by atoms with Crippen molar-refractivity contribution in [3.63, 3.8) is 0 Å². The Balaban J connectivity index is 0.00000225. The third-order valence-corrected chi connectivity index (χ3v) is 2.11. The Labute approximate surface area is 100 Å². The van der Waals surface area contributed by atoms with Crippen molar-refractivity contribution in [3.8, 4) is 0 Å². The van der Waals surface area contributed by atoms with Crippen LogP contribution in [0.15, 0.2) is 17.1 Å². The molecular weight excluding hydrogens is 230 g/mol. The van der Waals surface area contributed by atoms with E-state index in [1.54, 1.807) is 33.4 Å². The van der Waals surface area contributed by atoms with Gasteiger partial charge in [-0.05, 0) is 6.07 Å². The normalized spacial score (nSPS) is 9.19. The van der Waals surface area contributed by atoms with E-state index >= 15 is 0 Å². The van der Waals surface area contributed by atoms with Crippen molar-refractivity contribution in [2.75, 3.05) is 26.5 Å². The fraction of sp³-hybridized carbons (Fsp3) is 0.400. The Morgan fingerprint density at radius 1 is 1.50 bits per heavy atom. The third-order valence-electron chi connectivity index (χ3n) is 2.11. The lowest BCUT2D eigenvalue weighted by Gasteiger charge is -2.10. The van der Waals surface area contributed by atoms with Crippen molar-refractivity contribution in [2.45, 2.75) is 6.42 Å². The molecule has 0 unspecified atom stereocenters. The van der Waals surface area contributed by atoms with Gasteiger partial charge in [0.25, 0.3) is 5.56 Å². The minimum atomic E-state index is -0.218. The van der Waals surface area contributed by atoms with Crippen molar-refractivity contribution in [1.29, 1.82) is 0 Å². The molecule has 0 aromatic carbocycles. The fourth-order valence-corrected chi connectivity index (χ4v) is 1.13. The standard InChI is InChI=1S/C10H15N3O2.ClH/c1-11-8-4-7(10(15)12-6-8)5-9(14)13(2)3;/h4,6,11H,5H2,1-3H3,(H,12,15);1H. The Hall–Kier alpha value is -1.49. The molecule has 0 aliphatic heterocycles. The van der Waals surface area contributed by atoms with Crippen molar-refractivity contribution < 1.29 is 4.79 Å². The van der Waals surface area contributed by atoms with Gasteiger partial charge < -0.3 is 15.2 Å². The number of H-pyrrole nitrogens is 1. The number of nitrogens with zero attached hydrogens (tertiary/aromatic N) is 1. The maximum Gasteiger partial charge on any atom is 0.251 e. The molecule has 0 saturated heterocycles. The fourth-order valence-electron chi connectivity index (χ4n) is 1.13. The van der Waals surface area contributed by atoms with E-state index in [0.717, 1.165) is 5.69 Å². The minimum absolute atomic E-state index is 0. The highest BCUT2D eigenvalue weighted by molar-refractivity contribution is 5.85. The second kappa shape index (κ2) is 6.17. The second-order valence-electron chi connectivity index (χ2n) is 3.46. The van der Waals surface area contributed by atoms with E-state index in [1.165, 1.54) is 4.90 Å². The van der Waals surface area contributed by atoms with Crippen LogP contribution in [0.2, 0.25) is 0 Å². The van der Waals surface area contributed by atoms with Crippen LogP contribution in [0.1, 0.15) is 5.56 Å². The van der Waals surface area contributed by atoms with E-state index in [-0.39, 0.29) is 30.3 Å². The lowest BCUT2D eigenvalue weighted by molar-refractivity contribution is -0.127. The van der Waals surface area contributed by atoms with Crippen LogP contribution < -0.4 is 10.9 Å². The molecule has 0 radical (unpaired) electrons.